The van der Waals surface area contributed by atoms with Gasteiger partial charge in [0.05, 0.1) is 11.9 Å². The smallest absolute Gasteiger partial charge is 0.285 e. The second-order valence-electron chi connectivity index (χ2n) is 6.67. The van der Waals surface area contributed by atoms with Gasteiger partial charge in [-0.25, -0.2) is 5.10 Å². The number of nitrogens with one attached hydrogen (secondary N) is 2. The van der Waals surface area contributed by atoms with E-state index in [2.05, 4.69) is 33.4 Å². The van der Waals surface area contributed by atoms with Crippen LogP contribution in [0.2, 0.25) is 5.02 Å². The molecule has 0 spiro atoms. The molecule has 2 aromatic rings. The number of H-pyrrole nitrogens is 1. The number of rotatable bonds is 4. The summed E-state index contributed by atoms with van der Waals surface area (Å²) in [4.78, 5) is 16.8. The third kappa shape index (κ3) is 2.98. The molecule has 1 aliphatic carbocycles. The molecule has 2 atom stereocenters. The molecule has 7 heteroatoms. The molecule has 4 rings (SSSR count). The molecule has 0 radical (unpaired) electrons. The Morgan fingerprint density at radius 2 is 2.38 bits per heavy atom. The maximum Gasteiger partial charge on any atom is 0.285 e. The predicted molar refractivity (Wildman–Crippen MR) is 98.4 cm³/mol. The fourth-order valence-electron chi connectivity index (χ4n) is 3.71. The maximum absolute atomic E-state index is 11.6. The molecule has 24 heavy (non-hydrogen) atoms. The first-order valence-electron chi connectivity index (χ1n) is 8.47. The molecule has 2 N–H and O–H groups in total. The van der Waals surface area contributed by atoms with Crippen molar-refractivity contribution >= 4 is 28.6 Å². The van der Waals surface area contributed by atoms with Gasteiger partial charge in [0.15, 0.2) is 0 Å². The van der Waals surface area contributed by atoms with E-state index in [1.165, 1.54) is 24.1 Å². The van der Waals surface area contributed by atoms with Crippen LogP contribution in [0.5, 0.6) is 0 Å². The van der Waals surface area contributed by atoms with Crippen LogP contribution in [-0.2, 0) is 12.8 Å². The van der Waals surface area contributed by atoms with Crippen molar-refractivity contribution in [2.45, 2.75) is 44.7 Å². The SMILES string of the molecule is CC(NC1CCN(c2cn[nH]c(=O)c2Cl)C1)c1cc2c(s1)CCC2. The van der Waals surface area contributed by atoms with Gasteiger partial charge in [-0.3, -0.25) is 4.79 Å². The van der Waals surface area contributed by atoms with Gasteiger partial charge in [-0.05, 0) is 44.2 Å². The van der Waals surface area contributed by atoms with Crippen LogP contribution < -0.4 is 15.8 Å². The fraction of sp³-hybridized carbons (Fsp3) is 0.529. The number of aryl methyl sites for hydroxylation is 2. The van der Waals surface area contributed by atoms with Crippen molar-refractivity contribution in [2.24, 2.45) is 0 Å². The normalized spacial score (nSPS) is 21.2. The van der Waals surface area contributed by atoms with Crippen LogP contribution in [0.15, 0.2) is 17.1 Å². The summed E-state index contributed by atoms with van der Waals surface area (Å²) < 4.78 is 0. The van der Waals surface area contributed by atoms with Gasteiger partial charge in [-0.2, -0.15) is 5.10 Å². The Kier molecular flexibility index (Phi) is 4.37. The first-order chi connectivity index (χ1) is 11.6. The van der Waals surface area contributed by atoms with Crippen LogP contribution in [-0.4, -0.2) is 29.3 Å². The number of hydrogen-bond donors (Lipinski definition) is 2. The Balaban J connectivity index is 1.41. The Morgan fingerprint density at radius 3 is 3.21 bits per heavy atom. The van der Waals surface area contributed by atoms with Gasteiger partial charge in [0, 0.05) is 34.9 Å². The quantitative estimate of drug-likeness (QED) is 0.875. The molecule has 0 amide bonds. The highest BCUT2D eigenvalue weighted by atomic mass is 35.5. The average molecular weight is 365 g/mol. The number of nitrogens with zero attached hydrogens (tertiary/aromatic N) is 2. The minimum atomic E-state index is -0.327. The van der Waals surface area contributed by atoms with Gasteiger partial charge in [0.2, 0.25) is 0 Å². The third-order valence-electron chi connectivity index (χ3n) is 4.98. The zero-order chi connectivity index (χ0) is 16.7. The summed E-state index contributed by atoms with van der Waals surface area (Å²) in [7, 11) is 0. The van der Waals surface area contributed by atoms with Crippen molar-refractivity contribution in [3.63, 3.8) is 0 Å². The molecule has 1 fully saturated rings. The molecule has 2 aliphatic rings. The van der Waals surface area contributed by atoms with Gasteiger partial charge < -0.3 is 10.2 Å². The summed E-state index contributed by atoms with van der Waals surface area (Å²) in [6.07, 6.45) is 6.48. The minimum Gasteiger partial charge on any atom is -0.367 e. The lowest BCUT2D eigenvalue weighted by atomic mass is 10.1. The van der Waals surface area contributed by atoms with Crippen molar-refractivity contribution in [1.82, 2.24) is 15.5 Å². The minimum absolute atomic E-state index is 0.230. The molecule has 5 nitrogen and oxygen atoms in total. The van der Waals surface area contributed by atoms with Gasteiger partial charge >= 0.3 is 0 Å². The van der Waals surface area contributed by atoms with Crippen molar-refractivity contribution in [3.05, 3.63) is 43.0 Å². The first-order valence-corrected chi connectivity index (χ1v) is 9.67. The third-order valence-corrected chi connectivity index (χ3v) is 6.77. The van der Waals surface area contributed by atoms with E-state index in [0.717, 1.165) is 25.2 Å². The molecule has 3 heterocycles. The number of aromatic nitrogens is 2. The average Bonchev–Trinajstić information content (AvgIpc) is 3.25. The van der Waals surface area contributed by atoms with E-state index in [0.29, 0.717) is 12.1 Å². The van der Waals surface area contributed by atoms with Crippen molar-refractivity contribution in [1.29, 1.82) is 0 Å². The summed E-state index contributed by atoms with van der Waals surface area (Å²) in [6, 6.07) is 3.14. The van der Waals surface area contributed by atoms with Crippen molar-refractivity contribution < 1.29 is 0 Å². The highest BCUT2D eigenvalue weighted by Gasteiger charge is 2.27. The number of aromatic amines is 1. The Labute approximate surface area is 150 Å². The first kappa shape index (κ1) is 16.1. The summed E-state index contributed by atoms with van der Waals surface area (Å²) in [5.41, 5.74) is 1.96. The topological polar surface area (TPSA) is 61.0 Å². The van der Waals surface area contributed by atoms with Crippen LogP contribution in [0.4, 0.5) is 5.69 Å². The molecule has 1 aliphatic heterocycles. The standard InChI is InChI=1S/C17H21ClN4OS/c1-10(15-7-11-3-2-4-14(11)24-15)20-12-5-6-22(9-12)13-8-19-21-17(23)16(13)18/h7-8,10,12,20H,2-6,9H2,1H3,(H,21,23). The largest absolute Gasteiger partial charge is 0.367 e. The van der Waals surface area contributed by atoms with E-state index < -0.39 is 0 Å². The van der Waals surface area contributed by atoms with Crippen LogP contribution >= 0.6 is 22.9 Å². The van der Waals surface area contributed by atoms with E-state index >= 15 is 0 Å². The molecule has 2 aromatic heterocycles. The van der Waals surface area contributed by atoms with E-state index in [9.17, 15) is 4.79 Å². The molecule has 0 saturated carbocycles. The lowest BCUT2D eigenvalue weighted by Crippen LogP contribution is -2.34. The van der Waals surface area contributed by atoms with Crippen molar-refractivity contribution in [3.8, 4) is 0 Å². The molecule has 2 unspecified atom stereocenters. The lowest BCUT2D eigenvalue weighted by Gasteiger charge is -2.21. The van der Waals surface area contributed by atoms with Gasteiger partial charge in [-0.1, -0.05) is 11.6 Å². The van der Waals surface area contributed by atoms with E-state index in [4.69, 9.17) is 11.6 Å². The molecule has 128 valence electrons. The molecule has 0 bridgehead atoms. The molecule has 0 aromatic carbocycles. The molecular weight excluding hydrogens is 344 g/mol. The number of anilines is 1. The summed E-state index contributed by atoms with van der Waals surface area (Å²) >= 11 is 8.08. The van der Waals surface area contributed by atoms with Crippen LogP contribution in [0.3, 0.4) is 0 Å². The Morgan fingerprint density at radius 1 is 1.50 bits per heavy atom. The molecular formula is C17H21ClN4OS. The number of hydrogen-bond acceptors (Lipinski definition) is 5. The van der Waals surface area contributed by atoms with Gasteiger partial charge in [-0.15, -0.1) is 11.3 Å². The Hall–Kier alpha value is -1.37. The zero-order valence-electron chi connectivity index (χ0n) is 13.6. The van der Waals surface area contributed by atoms with Crippen LogP contribution in [0.25, 0.3) is 0 Å². The number of thiophene rings is 1. The Bertz CT molecular complexity index is 781. The predicted octanol–water partition coefficient (Wildman–Crippen LogP) is 2.90. The molecule has 1 saturated heterocycles. The zero-order valence-corrected chi connectivity index (χ0v) is 15.2. The highest BCUT2D eigenvalue weighted by molar-refractivity contribution is 7.12. The van der Waals surface area contributed by atoms with E-state index in [1.54, 1.807) is 16.6 Å². The van der Waals surface area contributed by atoms with Crippen LogP contribution in [0, 0.1) is 0 Å². The summed E-state index contributed by atoms with van der Waals surface area (Å²) in [5.74, 6) is 0. The van der Waals surface area contributed by atoms with E-state index in [1.807, 2.05) is 11.3 Å². The fourth-order valence-corrected chi connectivity index (χ4v) is 5.19. The monoisotopic (exact) mass is 364 g/mol. The van der Waals surface area contributed by atoms with Crippen LogP contribution in [0.1, 0.15) is 41.1 Å². The number of fused-ring (bicyclic) bond motifs is 1. The van der Waals surface area contributed by atoms with E-state index in [-0.39, 0.29) is 10.6 Å². The number of halogens is 1. The van der Waals surface area contributed by atoms with Crippen molar-refractivity contribution in [2.75, 3.05) is 18.0 Å². The highest BCUT2D eigenvalue weighted by Crippen LogP contribution is 2.34. The lowest BCUT2D eigenvalue weighted by molar-refractivity contribution is 0.486. The maximum atomic E-state index is 11.6. The summed E-state index contributed by atoms with van der Waals surface area (Å²) in [5, 5.41) is 10.2. The second-order valence-corrected chi connectivity index (χ2v) is 8.22. The summed E-state index contributed by atoms with van der Waals surface area (Å²) in [6.45, 7) is 3.97. The second kappa shape index (κ2) is 6.50. The van der Waals surface area contributed by atoms with Gasteiger partial charge in [0.25, 0.3) is 5.56 Å². The van der Waals surface area contributed by atoms with Gasteiger partial charge in [0.1, 0.15) is 5.02 Å².